The fourth-order valence-electron chi connectivity index (χ4n) is 2.21. The standard InChI is InChI=1S/C16H16N4O/c1-19-13(9-11-17-19)7-8-16(21)15-10-12-20(18-15)14-5-3-2-4-6-14/h2-6,9-12H,7-8H2,1H3. The van der Waals surface area contributed by atoms with Gasteiger partial charge in [0.2, 0.25) is 0 Å². The lowest BCUT2D eigenvalue weighted by atomic mass is 10.1. The van der Waals surface area contributed by atoms with Crippen LogP contribution in [0.25, 0.3) is 5.69 Å². The minimum atomic E-state index is 0.0471. The van der Waals surface area contributed by atoms with Crippen molar-refractivity contribution in [3.63, 3.8) is 0 Å². The number of aryl methyl sites for hydroxylation is 2. The maximum Gasteiger partial charge on any atom is 0.183 e. The number of carbonyl (C=O) groups excluding carboxylic acids is 1. The van der Waals surface area contributed by atoms with Gasteiger partial charge in [-0.1, -0.05) is 18.2 Å². The van der Waals surface area contributed by atoms with Crippen molar-refractivity contribution in [2.45, 2.75) is 12.8 Å². The van der Waals surface area contributed by atoms with E-state index in [2.05, 4.69) is 10.2 Å². The quantitative estimate of drug-likeness (QED) is 0.674. The summed E-state index contributed by atoms with van der Waals surface area (Å²) in [5, 5.41) is 8.44. The summed E-state index contributed by atoms with van der Waals surface area (Å²) in [7, 11) is 1.88. The maximum absolute atomic E-state index is 12.2. The van der Waals surface area contributed by atoms with Gasteiger partial charge < -0.3 is 0 Å². The van der Waals surface area contributed by atoms with Crippen molar-refractivity contribution in [2.24, 2.45) is 7.05 Å². The van der Waals surface area contributed by atoms with Crippen LogP contribution in [-0.4, -0.2) is 25.3 Å². The van der Waals surface area contributed by atoms with Crippen LogP contribution in [0, 0.1) is 0 Å². The van der Waals surface area contributed by atoms with Gasteiger partial charge in [0.15, 0.2) is 5.78 Å². The molecule has 0 radical (unpaired) electrons. The fourth-order valence-corrected chi connectivity index (χ4v) is 2.21. The first-order valence-corrected chi connectivity index (χ1v) is 6.85. The molecule has 5 nitrogen and oxygen atoms in total. The smallest absolute Gasteiger partial charge is 0.183 e. The Morgan fingerprint density at radius 2 is 1.95 bits per heavy atom. The van der Waals surface area contributed by atoms with Crippen LogP contribution in [-0.2, 0) is 13.5 Å². The minimum absolute atomic E-state index is 0.0471. The first kappa shape index (κ1) is 13.3. The molecule has 106 valence electrons. The van der Waals surface area contributed by atoms with E-state index in [4.69, 9.17) is 0 Å². The first-order chi connectivity index (χ1) is 10.2. The van der Waals surface area contributed by atoms with Crippen molar-refractivity contribution in [1.82, 2.24) is 19.6 Å². The van der Waals surface area contributed by atoms with E-state index in [9.17, 15) is 4.79 Å². The van der Waals surface area contributed by atoms with Crippen molar-refractivity contribution >= 4 is 5.78 Å². The van der Waals surface area contributed by atoms with Gasteiger partial charge in [-0.2, -0.15) is 10.2 Å². The van der Waals surface area contributed by atoms with Crippen molar-refractivity contribution in [1.29, 1.82) is 0 Å². The van der Waals surface area contributed by atoms with Crippen LogP contribution >= 0.6 is 0 Å². The lowest BCUT2D eigenvalue weighted by molar-refractivity contribution is 0.0977. The molecule has 3 rings (SSSR count). The lowest BCUT2D eigenvalue weighted by Crippen LogP contribution is -2.06. The number of nitrogens with zero attached hydrogens (tertiary/aromatic N) is 4. The highest BCUT2D eigenvalue weighted by Gasteiger charge is 2.11. The molecule has 0 aliphatic carbocycles. The molecule has 1 aromatic carbocycles. The number of para-hydroxylation sites is 1. The molecule has 0 fully saturated rings. The fraction of sp³-hybridized carbons (Fsp3) is 0.188. The number of benzene rings is 1. The van der Waals surface area contributed by atoms with Crippen molar-refractivity contribution < 1.29 is 4.79 Å². The molecule has 2 aromatic heterocycles. The van der Waals surface area contributed by atoms with Gasteiger partial charge in [0.1, 0.15) is 5.69 Å². The van der Waals surface area contributed by atoms with Crippen LogP contribution < -0.4 is 0 Å². The highest BCUT2D eigenvalue weighted by molar-refractivity contribution is 5.94. The van der Waals surface area contributed by atoms with Crippen LogP contribution in [0.15, 0.2) is 54.9 Å². The third-order valence-corrected chi connectivity index (χ3v) is 3.43. The lowest BCUT2D eigenvalue weighted by Gasteiger charge is -2.01. The van der Waals surface area contributed by atoms with E-state index in [1.54, 1.807) is 21.6 Å². The summed E-state index contributed by atoms with van der Waals surface area (Å²) in [6.45, 7) is 0. The summed E-state index contributed by atoms with van der Waals surface area (Å²) in [4.78, 5) is 12.2. The predicted molar refractivity (Wildman–Crippen MR) is 79.4 cm³/mol. The number of Topliss-reactive ketones (excluding diaryl/α,β-unsaturated/α-hetero) is 1. The van der Waals surface area contributed by atoms with Gasteiger partial charge in [0.05, 0.1) is 5.69 Å². The Hall–Kier alpha value is -2.69. The number of ketones is 1. The molecule has 2 heterocycles. The van der Waals surface area contributed by atoms with Gasteiger partial charge in [0, 0.05) is 31.6 Å². The van der Waals surface area contributed by atoms with E-state index >= 15 is 0 Å². The molecule has 0 atom stereocenters. The van der Waals surface area contributed by atoms with E-state index in [0.717, 1.165) is 11.4 Å². The van der Waals surface area contributed by atoms with Gasteiger partial charge in [-0.3, -0.25) is 9.48 Å². The summed E-state index contributed by atoms with van der Waals surface area (Å²) in [6, 6.07) is 13.4. The minimum Gasteiger partial charge on any atom is -0.292 e. The number of carbonyl (C=O) groups is 1. The van der Waals surface area contributed by atoms with Gasteiger partial charge in [-0.15, -0.1) is 0 Å². The van der Waals surface area contributed by atoms with Crippen LogP contribution in [0.4, 0.5) is 0 Å². The zero-order valence-electron chi connectivity index (χ0n) is 11.8. The average molecular weight is 280 g/mol. The third-order valence-electron chi connectivity index (χ3n) is 3.43. The normalized spacial score (nSPS) is 10.7. The Bertz CT molecular complexity index is 742. The van der Waals surface area contributed by atoms with Crippen molar-refractivity contribution in [3.05, 3.63) is 66.2 Å². The summed E-state index contributed by atoms with van der Waals surface area (Å²) in [6.07, 6.45) is 4.66. The Labute approximate surface area is 122 Å². The molecule has 0 bridgehead atoms. The van der Waals surface area contributed by atoms with E-state index in [1.165, 1.54) is 0 Å². The van der Waals surface area contributed by atoms with Crippen LogP contribution in [0.5, 0.6) is 0 Å². The second-order valence-electron chi connectivity index (χ2n) is 4.85. The Morgan fingerprint density at radius 1 is 1.14 bits per heavy atom. The average Bonchev–Trinajstić information content (AvgIpc) is 3.15. The van der Waals surface area contributed by atoms with E-state index < -0.39 is 0 Å². The van der Waals surface area contributed by atoms with E-state index in [-0.39, 0.29) is 5.78 Å². The van der Waals surface area contributed by atoms with E-state index in [1.807, 2.05) is 49.6 Å². The molecule has 0 saturated carbocycles. The van der Waals surface area contributed by atoms with Crippen LogP contribution in [0.1, 0.15) is 22.6 Å². The molecule has 0 aliphatic rings. The number of hydrogen-bond donors (Lipinski definition) is 0. The monoisotopic (exact) mass is 280 g/mol. The third kappa shape index (κ3) is 2.91. The second kappa shape index (κ2) is 5.75. The van der Waals surface area contributed by atoms with Crippen LogP contribution in [0.2, 0.25) is 0 Å². The Balaban J connectivity index is 1.69. The van der Waals surface area contributed by atoms with Gasteiger partial charge in [0.25, 0.3) is 0 Å². The van der Waals surface area contributed by atoms with Crippen LogP contribution in [0.3, 0.4) is 0 Å². The Morgan fingerprint density at radius 3 is 2.67 bits per heavy atom. The SMILES string of the molecule is Cn1nccc1CCC(=O)c1ccn(-c2ccccc2)n1. The largest absolute Gasteiger partial charge is 0.292 e. The van der Waals surface area contributed by atoms with Gasteiger partial charge >= 0.3 is 0 Å². The summed E-state index contributed by atoms with van der Waals surface area (Å²) < 4.78 is 3.51. The van der Waals surface area contributed by atoms with E-state index in [0.29, 0.717) is 18.5 Å². The molecular weight excluding hydrogens is 264 g/mol. The van der Waals surface area contributed by atoms with Gasteiger partial charge in [-0.25, -0.2) is 4.68 Å². The topological polar surface area (TPSA) is 52.7 Å². The summed E-state index contributed by atoms with van der Waals surface area (Å²) in [5.41, 5.74) is 2.50. The summed E-state index contributed by atoms with van der Waals surface area (Å²) >= 11 is 0. The van der Waals surface area contributed by atoms with Gasteiger partial charge in [-0.05, 0) is 30.7 Å². The number of rotatable bonds is 5. The molecule has 0 unspecified atom stereocenters. The molecular formula is C16H16N4O. The number of aromatic nitrogens is 4. The molecule has 0 aliphatic heterocycles. The maximum atomic E-state index is 12.2. The Kier molecular flexibility index (Phi) is 3.64. The molecule has 0 saturated heterocycles. The zero-order chi connectivity index (χ0) is 14.7. The molecule has 21 heavy (non-hydrogen) atoms. The molecule has 0 spiro atoms. The highest BCUT2D eigenvalue weighted by atomic mass is 16.1. The number of hydrogen-bond acceptors (Lipinski definition) is 3. The zero-order valence-corrected chi connectivity index (χ0v) is 11.8. The summed E-state index contributed by atoms with van der Waals surface area (Å²) in [5.74, 6) is 0.0471. The van der Waals surface area contributed by atoms with Crippen molar-refractivity contribution in [3.8, 4) is 5.69 Å². The highest BCUT2D eigenvalue weighted by Crippen LogP contribution is 2.10. The molecule has 5 heteroatoms. The van der Waals surface area contributed by atoms with Crippen molar-refractivity contribution in [2.75, 3.05) is 0 Å². The predicted octanol–water partition coefficient (Wildman–Crippen LogP) is 2.42. The second-order valence-corrected chi connectivity index (χ2v) is 4.85. The molecule has 0 amide bonds. The first-order valence-electron chi connectivity index (χ1n) is 6.85. The molecule has 0 N–H and O–H groups in total. The molecule has 3 aromatic rings.